The first-order valence-corrected chi connectivity index (χ1v) is 8.45. The second-order valence-electron chi connectivity index (χ2n) is 6.45. The molecule has 1 atom stereocenters. The molecule has 1 unspecified atom stereocenters. The van der Waals surface area contributed by atoms with Crippen LogP contribution in [0.5, 0.6) is 0 Å². The number of Topliss-reactive ketones (excluding diaryl/α,β-unsaturated/α-hetero) is 1. The number of nitrogens with one attached hydrogen (secondary N) is 2. The first-order valence-electron chi connectivity index (χ1n) is 8.45. The number of ketones is 1. The van der Waals surface area contributed by atoms with E-state index in [-0.39, 0.29) is 5.91 Å². The van der Waals surface area contributed by atoms with Gasteiger partial charge in [0.2, 0.25) is 11.8 Å². The van der Waals surface area contributed by atoms with E-state index < -0.39 is 23.6 Å². The number of carbonyl (C=O) groups excluding carboxylic acids is 4. The van der Waals surface area contributed by atoms with E-state index in [2.05, 4.69) is 10.6 Å². The molecule has 0 aliphatic carbocycles. The molecule has 2 aromatic carbocycles. The number of rotatable bonds is 4. The highest BCUT2D eigenvalue weighted by molar-refractivity contribution is 6.53. The summed E-state index contributed by atoms with van der Waals surface area (Å²) in [5.74, 6) is -1.92. The van der Waals surface area contributed by atoms with Gasteiger partial charge in [-0.3, -0.25) is 24.1 Å². The molecule has 3 amide bonds. The summed E-state index contributed by atoms with van der Waals surface area (Å²) in [5.41, 5.74) is 2.76. The Hall–Kier alpha value is -3.48. The normalized spacial score (nSPS) is 14.0. The summed E-state index contributed by atoms with van der Waals surface area (Å²) in [6.45, 7) is 4.81. The Kier molecular flexibility index (Phi) is 4.77. The summed E-state index contributed by atoms with van der Waals surface area (Å²) >= 11 is 0. The Morgan fingerprint density at radius 1 is 0.963 bits per heavy atom. The van der Waals surface area contributed by atoms with E-state index in [9.17, 15) is 19.2 Å². The summed E-state index contributed by atoms with van der Waals surface area (Å²) in [6.07, 6.45) is 0. The molecule has 0 saturated carbocycles. The van der Waals surface area contributed by atoms with Crippen molar-refractivity contribution in [3.63, 3.8) is 0 Å². The van der Waals surface area contributed by atoms with E-state index in [1.807, 2.05) is 6.92 Å². The van der Waals surface area contributed by atoms with Gasteiger partial charge < -0.3 is 10.6 Å². The van der Waals surface area contributed by atoms with Crippen LogP contribution >= 0.6 is 0 Å². The lowest BCUT2D eigenvalue weighted by molar-refractivity contribution is -0.120. The van der Waals surface area contributed by atoms with Crippen LogP contribution in [0.2, 0.25) is 0 Å². The Labute approximate surface area is 156 Å². The summed E-state index contributed by atoms with van der Waals surface area (Å²) in [7, 11) is 0. The van der Waals surface area contributed by atoms with E-state index in [1.165, 1.54) is 11.8 Å². The molecule has 1 heterocycles. The molecule has 27 heavy (non-hydrogen) atoms. The van der Waals surface area contributed by atoms with Gasteiger partial charge in [0.25, 0.3) is 11.7 Å². The van der Waals surface area contributed by atoms with Crippen LogP contribution in [0.15, 0.2) is 42.5 Å². The number of benzene rings is 2. The summed E-state index contributed by atoms with van der Waals surface area (Å²) in [6, 6.07) is 10.9. The molecule has 1 aliphatic heterocycles. The summed E-state index contributed by atoms with van der Waals surface area (Å²) in [5, 5.41) is 5.36. The van der Waals surface area contributed by atoms with Crippen molar-refractivity contribution in [2.45, 2.75) is 26.8 Å². The molecule has 0 radical (unpaired) electrons. The summed E-state index contributed by atoms with van der Waals surface area (Å²) < 4.78 is 0. The monoisotopic (exact) mass is 365 g/mol. The molecule has 7 nitrogen and oxygen atoms in total. The number of hydrogen-bond acceptors (Lipinski definition) is 4. The minimum absolute atomic E-state index is 0.188. The molecule has 0 fully saturated rings. The van der Waals surface area contributed by atoms with Crippen LogP contribution < -0.4 is 15.5 Å². The SMILES string of the molecule is CC(=O)Nc1ccc(NC(=O)C(C)N2C(=O)C(=O)c3cc(C)ccc32)cc1. The molecule has 0 saturated heterocycles. The largest absolute Gasteiger partial charge is 0.326 e. The molecular weight excluding hydrogens is 346 g/mol. The number of carbonyl (C=O) groups is 4. The van der Waals surface area contributed by atoms with Crippen LogP contribution in [0.3, 0.4) is 0 Å². The molecule has 138 valence electrons. The highest BCUT2D eigenvalue weighted by Crippen LogP contribution is 2.31. The van der Waals surface area contributed by atoms with Crippen molar-refractivity contribution >= 4 is 40.6 Å². The quantitative estimate of drug-likeness (QED) is 0.814. The van der Waals surface area contributed by atoms with Gasteiger partial charge in [-0.15, -0.1) is 0 Å². The molecule has 2 aromatic rings. The molecule has 0 aromatic heterocycles. The average Bonchev–Trinajstić information content (AvgIpc) is 2.86. The highest BCUT2D eigenvalue weighted by atomic mass is 16.2. The molecule has 2 N–H and O–H groups in total. The van der Waals surface area contributed by atoms with Crippen LogP contribution in [-0.4, -0.2) is 29.5 Å². The number of nitrogens with zero attached hydrogens (tertiary/aromatic N) is 1. The van der Waals surface area contributed by atoms with Crippen LogP contribution in [0.4, 0.5) is 17.1 Å². The van der Waals surface area contributed by atoms with E-state index in [0.717, 1.165) is 5.56 Å². The molecule has 0 bridgehead atoms. The molecular formula is C20H19N3O4. The maximum Gasteiger partial charge on any atom is 0.300 e. The third-order valence-electron chi connectivity index (χ3n) is 4.31. The second kappa shape index (κ2) is 7.03. The molecule has 0 spiro atoms. The van der Waals surface area contributed by atoms with E-state index >= 15 is 0 Å². The first-order chi connectivity index (χ1) is 12.8. The minimum Gasteiger partial charge on any atom is -0.326 e. The van der Waals surface area contributed by atoms with E-state index in [0.29, 0.717) is 22.6 Å². The van der Waals surface area contributed by atoms with E-state index in [4.69, 9.17) is 0 Å². The molecule has 1 aliphatic rings. The highest BCUT2D eigenvalue weighted by Gasteiger charge is 2.40. The lowest BCUT2D eigenvalue weighted by atomic mass is 10.1. The fourth-order valence-corrected chi connectivity index (χ4v) is 2.96. The summed E-state index contributed by atoms with van der Waals surface area (Å²) in [4.78, 5) is 49.5. The maximum atomic E-state index is 12.6. The van der Waals surface area contributed by atoms with Crippen molar-refractivity contribution in [2.75, 3.05) is 15.5 Å². The third kappa shape index (κ3) is 3.57. The van der Waals surface area contributed by atoms with Gasteiger partial charge in [0.15, 0.2) is 0 Å². The number of aryl methyl sites for hydroxylation is 1. The minimum atomic E-state index is -0.861. The lowest BCUT2D eigenvalue weighted by Gasteiger charge is -2.24. The lowest BCUT2D eigenvalue weighted by Crippen LogP contribution is -2.45. The van der Waals surface area contributed by atoms with Gasteiger partial charge >= 0.3 is 0 Å². The van der Waals surface area contributed by atoms with Gasteiger partial charge in [-0.25, -0.2) is 0 Å². The fraction of sp³-hybridized carbons (Fsp3) is 0.200. The van der Waals surface area contributed by atoms with Gasteiger partial charge in [0.1, 0.15) is 6.04 Å². The van der Waals surface area contributed by atoms with Crippen molar-refractivity contribution < 1.29 is 19.2 Å². The Morgan fingerprint density at radius 2 is 1.56 bits per heavy atom. The standard InChI is InChI=1S/C20H19N3O4/c1-11-4-9-17-16(10-11)18(25)20(27)23(17)12(2)19(26)22-15-7-5-14(6-8-15)21-13(3)24/h4-10,12H,1-3H3,(H,21,24)(H,22,26). The van der Waals surface area contributed by atoms with Gasteiger partial charge in [0, 0.05) is 18.3 Å². The Balaban J connectivity index is 1.77. The van der Waals surface area contributed by atoms with Crippen molar-refractivity contribution in [3.8, 4) is 0 Å². The smallest absolute Gasteiger partial charge is 0.300 e. The van der Waals surface area contributed by atoms with E-state index in [1.54, 1.807) is 49.4 Å². The zero-order valence-corrected chi connectivity index (χ0v) is 15.2. The van der Waals surface area contributed by atoms with Crippen molar-refractivity contribution in [2.24, 2.45) is 0 Å². The van der Waals surface area contributed by atoms with Crippen LogP contribution in [0.25, 0.3) is 0 Å². The predicted molar refractivity (Wildman–Crippen MR) is 102 cm³/mol. The maximum absolute atomic E-state index is 12.6. The number of anilines is 3. The molecule has 7 heteroatoms. The van der Waals surface area contributed by atoms with Gasteiger partial charge in [-0.2, -0.15) is 0 Å². The van der Waals surface area contributed by atoms with Gasteiger partial charge in [-0.05, 0) is 50.2 Å². The topological polar surface area (TPSA) is 95.6 Å². The Morgan fingerprint density at radius 3 is 2.15 bits per heavy atom. The van der Waals surface area contributed by atoms with Crippen LogP contribution in [0.1, 0.15) is 29.8 Å². The fourth-order valence-electron chi connectivity index (χ4n) is 2.96. The van der Waals surface area contributed by atoms with Crippen molar-refractivity contribution in [1.82, 2.24) is 0 Å². The van der Waals surface area contributed by atoms with Gasteiger partial charge in [0.05, 0.1) is 11.3 Å². The molecule has 3 rings (SSSR count). The zero-order chi connectivity index (χ0) is 19.7. The van der Waals surface area contributed by atoms with Crippen LogP contribution in [0, 0.1) is 6.92 Å². The first kappa shape index (κ1) is 18.3. The van der Waals surface area contributed by atoms with Crippen LogP contribution in [-0.2, 0) is 14.4 Å². The average molecular weight is 365 g/mol. The predicted octanol–water partition coefficient (Wildman–Crippen LogP) is 2.51. The zero-order valence-electron chi connectivity index (χ0n) is 15.2. The second-order valence-corrected chi connectivity index (χ2v) is 6.45. The Bertz CT molecular complexity index is 950. The number of fused-ring (bicyclic) bond motifs is 1. The van der Waals surface area contributed by atoms with Crippen molar-refractivity contribution in [1.29, 1.82) is 0 Å². The van der Waals surface area contributed by atoms with Gasteiger partial charge in [-0.1, -0.05) is 11.6 Å². The number of hydrogen-bond donors (Lipinski definition) is 2. The van der Waals surface area contributed by atoms with Crippen molar-refractivity contribution in [3.05, 3.63) is 53.6 Å². The number of amides is 3. The third-order valence-corrected chi connectivity index (χ3v) is 4.31.